The van der Waals surface area contributed by atoms with Gasteiger partial charge in [0.2, 0.25) is 0 Å². The number of hydrogen-bond acceptors (Lipinski definition) is 2. The molecule has 0 aromatic carbocycles. The van der Waals surface area contributed by atoms with Gasteiger partial charge >= 0.3 is 0 Å². The Labute approximate surface area is 121 Å². The van der Waals surface area contributed by atoms with Gasteiger partial charge in [-0.1, -0.05) is 33.6 Å². The third-order valence-corrected chi connectivity index (χ3v) is 5.16. The molecule has 0 aromatic rings. The van der Waals surface area contributed by atoms with Gasteiger partial charge in [0.05, 0.1) is 0 Å². The lowest BCUT2D eigenvalue weighted by molar-refractivity contribution is 0.0910. The summed E-state index contributed by atoms with van der Waals surface area (Å²) in [7, 11) is 0. The molecular weight excluding hydrogens is 232 g/mol. The summed E-state index contributed by atoms with van der Waals surface area (Å²) >= 11 is 0. The summed E-state index contributed by atoms with van der Waals surface area (Å²) in [6, 6.07) is 0. The maximum atomic E-state index is 5.76. The average Bonchev–Trinajstić information content (AvgIpc) is 2.44. The second-order valence-electron chi connectivity index (χ2n) is 6.81. The number of likely N-dealkylation sites (tertiary alicyclic amines) is 1. The maximum absolute atomic E-state index is 5.76. The zero-order chi connectivity index (χ0) is 14.1. The number of unbranched alkanes of at least 4 members (excludes halogenated alkanes) is 1. The quantitative estimate of drug-likeness (QED) is 0.684. The van der Waals surface area contributed by atoms with Crippen molar-refractivity contribution in [3.63, 3.8) is 0 Å². The normalized spacial score (nSPS) is 21.5. The minimum absolute atomic E-state index is 0.538. The molecule has 1 saturated heterocycles. The van der Waals surface area contributed by atoms with Crippen molar-refractivity contribution in [2.45, 2.75) is 72.1 Å². The van der Waals surface area contributed by atoms with Gasteiger partial charge in [0, 0.05) is 6.54 Å². The van der Waals surface area contributed by atoms with Crippen LogP contribution < -0.4 is 5.73 Å². The van der Waals surface area contributed by atoms with Crippen LogP contribution in [-0.2, 0) is 0 Å². The monoisotopic (exact) mass is 268 g/mol. The van der Waals surface area contributed by atoms with E-state index in [-0.39, 0.29) is 0 Å². The van der Waals surface area contributed by atoms with Crippen LogP contribution in [0.3, 0.4) is 0 Å². The van der Waals surface area contributed by atoms with E-state index in [0.717, 1.165) is 12.5 Å². The molecule has 19 heavy (non-hydrogen) atoms. The van der Waals surface area contributed by atoms with Crippen molar-refractivity contribution in [1.29, 1.82) is 0 Å². The molecule has 0 spiro atoms. The van der Waals surface area contributed by atoms with Crippen molar-refractivity contribution in [2.24, 2.45) is 17.1 Å². The molecule has 2 nitrogen and oxygen atoms in total. The van der Waals surface area contributed by atoms with Gasteiger partial charge in [0.15, 0.2) is 0 Å². The Kier molecular flexibility index (Phi) is 8.01. The zero-order valence-electron chi connectivity index (χ0n) is 13.6. The molecule has 1 aliphatic rings. The molecule has 114 valence electrons. The molecule has 1 unspecified atom stereocenters. The van der Waals surface area contributed by atoms with E-state index in [1.165, 1.54) is 71.0 Å². The first-order valence-corrected chi connectivity index (χ1v) is 8.58. The zero-order valence-corrected chi connectivity index (χ0v) is 13.6. The van der Waals surface area contributed by atoms with Crippen molar-refractivity contribution in [2.75, 3.05) is 26.2 Å². The van der Waals surface area contributed by atoms with E-state index in [2.05, 4.69) is 25.7 Å². The Morgan fingerprint density at radius 3 is 2.26 bits per heavy atom. The van der Waals surface area contributed by atoms with Crippen LogP contribution in [0.2, 0.25) is 0 Å². The van der Waals surface area contributed by atoms with Gasteiger partial charge < -0.3 is 10.6 Å². The van der Waals surface area contributed by atoms with Gasteiger partial charge in [-0.15, -0.1) is 0 Å². The predicted molar refractivity (Wildman–Crippen MR) is 85.4 cm³/mol. The molecule has 0 aliphatic carbocycles. The molecule has 1 aliphatic heterocycles. The summed E-state index contributed by atoms with van der Waals surface area (Å²) in [6.07, 6.45) is 10.7. The molecule has 0 bridgehead atoms. The van der Waals surface area contributed by atoms with Crippen molar-refractivity contribution in [1.82, 2.24) is 4.90 Å². The Hall–Kier alpha value is -0.0800. The first-order valence-electron chi connectivity index (χ1n) is 8.58. The summed E-state index contributed by atoms with van der Waals surface area (Å²) in [5.41, 5.74) is 6.29. The lowest BCUT2D eigenvalue weighted by Crippen LogP contribution is -2.42. The van der Waals surface area contributed by atoms with Crippen LogP contribution in [-0.4, -0.2) is 31.1 Å². The van der Waals surface area contributed by atoms with E-state index in [0.29, 0.717) is 5.41 Å². The minimum atomic E-state index is 0.538. The topological polar surface area (TPSA) is 29.3 Å². The minimum Gasteiger partial charge on any atom is -0.330 e. The van der Waals surface area contributed by atoms with Crippen LogP contribution >= 0.6 is 0 Å². The highest BCUT2D eigenvalue weighted by molar-refractivity contribution is 4.84. The average molecular weight is 268 g/mol. The second-order valence-corrected chi connectivity index (χ2v) is 6.81. The van der Waals surface area contributed by atoms with Gasteiger partial charge in [0.25, 0.3) is 0 Å². The van der Waals surface area contributed by atoms with Gasteiger partial charge in [-0.3, -0.25) is 0 Å². The predicted octanol–water partition coefficient (Wildman–Crippen LogP) is 4.04. The number of nitrogens with zero attached hydrogens (tertiary/aromatic N) is 1. The fraction of sp³-hybridized carbons (Fsp3) is 1.00. The van der Waals surface area contributed by atoms with Gasteiger partial charge in [-0.25, -0.2) is 0 Å². The summed E-state index contributed by atoms with van der Waals surface area (Å²) in [6.45, 7) is 11.9. The fourth-order valence-corrected chi connectivity index (χ4v) is 3.47. The van der Waals surface area contributed by atoms with E-state index in [1.54, 1.807) is 0 Å². The molecule has 1 rings (SSSR count). The van der Waals surface area contributed by atoms with Crippen LogP contribution in [0, 0.1) is 11.3 Å². The highest BCUT2D eigenvalue weighted by atomic mass is 15.1. The third-order valence-electron chi connectivity index (χ3n) is 5.16. The number of rotatable bonds is 9. The number of nitrogens with two attached hydrogens (primary N) is 1. The molecular formula is C17H36N2. The van der Waals surface area contributed by atoms with Gasteiger partial charge in [0.1, 0.15) is 0 Å². The van der Waals surface area contributed by atoms with Crippen LogP contribution in [0.4, 0.5) is 0 Å². The lowest BCUT2D eigenvalue weighted by Gasteiger charge is -2.41. The lowest BCUT2D eigenvalue weighted by atomic mass is 9.75. The molecule has 0 saturated carbocycles. The van der Waals surface area contributed by atoms with Crippen molar-refractivity contribution < 1.29 is 0 Å². The Bertz CT molecular complexity index is 211. The van der Waals surface area contributed by atoms with Crippen LogP contribution in [0.5, 0.6) is 0 Å². The number of piperidine rings is 1. The first-order chi connectivity index (χ1) is 9.15. The summed E-state index contributed by atoms with van der Waals surface area (Å²) in [5, 5.41) is 0. The van der Waals surface area contributed by atoms with Gasteiger partial charge in [-0.2, -0.15) is 0 Å². The molecule has 0 amide bonds. The summed E-state index contributed by atoms with van der Waals surface area (Å²) in [5.74, 6) is 0.937. The Morgan fingerprint density at radius 2 is 1.74 bits per heavy atom. The molecule has 1 fully saturated rings. The number of hydrogen-bond donors (Lipinski definition) is 1. The molecule has 2 heteroatoms. The molecule has 0 aromatic heterocycles. The standard InChI is InChI=1S/C17H36N2/c1-4-6-10-17(5-2,11-7-12-18)15-19-13-8-16(3)9-14-19/h16H,4-15,18H2,1-3H3. The van der Waals surface area contributed by atoms with Crippen molar-refractivity contribution in [3.05, 3.63) is 0 Å². The van der Waals surface area contributed by atoms with Crippen LogP contribution in [0.1, 0.15) is 72.1 Å². The summed E-state index contributed by atoms with van der Waals surface area (Å²) < 4.78 is 0. The maximum Gasteiger partial charge on any atom is 0.00379 e. The Morgan fingerprint density at radius 1 is 1.11 bits per heavy atom. The van der Waals surface area contributed by atoms with Crippen molar-refractivity contribution >= 4 is 0 Å². The molecule has 1 atom stereocenters. The SMILES string of the molecule is CCCCC(CC)(CCCN)CN1CCC(C)CC1. The first kappa shape index (κ1) is 17.0. The fourth-order valence-electron chi connectivity index (χ4n) is 3.47. The van der Waals surface area contributed by atoms with Crippen molar-refractivity contribution in [3.8, 4) is 0 Å². The molecule has 0 radical (unpaired) electrons. The molecule has 1 heterocycles. The van der Waals surface area contributed by atoms with Crippen LogP contribution in [0.25, 0.3) is 0 Å². The largest absolute Gasteiger partial charge is 0.330 e. The van der Waals surface area contributed by atoms with E-state index in [9.17, 15) is 0 Å². The van der Waals surface area contributed by atoms with Gasteiger partial charge in [-0.05, 0) is 69.5 Å². The smallest absolute Gasteiger partial charge is 0.00379 e. The third kappa shape index (κ3) is 5.83. The highest BCUT2D eigenvalue weighted by Crippen LogP contribution is 2.36. The summed E-state index contributed by atoms with van der Waals surface area (Å²) in [4.78, 5) is 2.73. The van der Waals surface area contributed by atoms with E-state index < -0.39 is 0 Å². The van der Waals surface area contributed by atoms with E-state index >= 15 is 0 Å². The van der Waals surface area contributed by atoms with Crippen LogP contribution in [0.15, 0.2) is 0 Å². The molecule has 2 N–H and O–H groups in total. The van der Waals surface area contributed by atoms with E-state index in [1.807, 2.05) is 0 Å². The van der Waals surface area contributed by atoms with E-state index in [4.69, 9.17) is 5.73 Å². The second kappa shape index (κ2) is 8.97. The highest BCUT2D eigenvalue weighted by Gasteiger charge is 2.30. The Balaban J connectivity index is 2.55.